The highest BCUT2D eigenvalue weighted by Crippen LogP contribution is 2.16. The molecular formula is C14H21N3O2. The van der Waals surface area contributed by atoms with Gasteiger partial charge >= 0.3 is 0 Å². The summed E-state index contributed by atoms with van der Waals surface area (Å²) in [7, 11) is 3.35. The highest BCUT2D eigenvalue weighted by molar-refractivity contribution is 5.96. The molecule has 1 atom stereocenters. The number of hydrogen-bond donors (Lipinski definition) is 1. The van der Waals surface area contributed by atoms with Gasteiger partial charge in [-0.2, -0.15) is 0 Å². The number of hydrogen-bond acceptors (Lipinski definition) is 4. The number of carbonyl (C=O) groups excluding carboxylic acids is 1. The van der Waals surface area contributed by atoms with Crippen LogP contribution in [0.3, 0.4) is 0 Å². The summed E-state index contributed by atoms with van der Waals surface area (Å²) in [5.74, 6) is 0.341. The van der Waals surface area contributed by atoms with Gasteiger partial charge in [-0.25, -0.2) is 4.98 Å². The first-order valence-corrected chi connectivity index (χ1v) is 6.70. The van der Waals surface area contributed by atoms with Crippen molar-refractivity contribution in [3.05, 3.63) is 23.9 Å². The standard InChI is InChI=1S/C14H21N3O2/c1-17(10-11-6-3-4-8-15-11)14(18)12-7-5-9-16-13(12)19-2/h5,7,9,11,15H,3-4,6,8,10H2,1-2H3. The molecule has 0 spiro atoms. The van der Waals surface area contributed by atoms with Crippen molar-refractivity contribution in [3.8, 4) is 5.88 Å². The fraction of sp³-hybridized carbons (Fsp3) is 0.571. The Balaban J connectivity index is 2.01. The summed E-state index contributed by atoms with van der Waals surface area (Å²) in [6.07, 6.45) is 5.21. The van der Waals surface area contributed by atoms with Crippen molar-refractivity contribution in [2.45, 2.75) is 25.3 Å². The maximum Gasteiger partial charge on any atom is 0.259 e. The second-order valence-corrected chi connectivity index (χ2v) is 4.89. The van der Waals surface area contributed by atoms with E-state index in [4.69, 9.17) is 4.74 Å². The Morgan fingerprint density at radius 3 is 3.11 bits per heavy atom. The molecule has 1 aromatic heterocycles. The van der Waals surface area contributed by atoms with Crippen LogP contribution in [0, 0.1) is 0 Å². The van der Waals surface area contributed by atoms with Crippen LogP contribution in [0.1, 0.15) is 29.6 Å². The Kier molecular flexibility index (Phi) is 4.74. The largest absolute Gasteiger partial charge is 0.480 e. The smallest absolute Gasteiger partial charge is 0.259 e. The van der Waals surface area contributed by atoms with Crippen LogP contribution in [-0.2, 0) is 0 Å². The molecule has 1 aliphatic rings. The van der Waals surface area contributed by atoms with Gasteiger partial charge in [0.1, 0.15) is 5.56 Å². The van der Waals surface area contributed by atoms with Crippen LogP contribution in [0.2, 0.25) is 0 Å². The molecule has 5 nitrogen and oxygen atoms in total. The van der Waals surface area contributed by atoms with Gasteiger partial charge in [0.25, 0.3) is 5.91 Å². The number of aromatic nitrogens is 1. The lowest BCUT2D eigenvalue weighted by Gasteiger charge is -2.28. The SMILES string of the molecule is COc1ncccc1C(=O)N(C)CC1CCCCN1. The third-order valence-corrected chi connectivity index (χ3v) is 3.45. The first kappa shape index (κ1) is 13.8. The van der Waals surface area contributed by atoms with Crippen molar-refractivity contribution in [3.63, 3.8) is 0 Å². The van der Waals surface area contributed by atoms with Gasteiger partial charge in [0.2, 0.25) is 5.88 Å². The lowest BCUT2D eigenvalue weighted by molar-refractivity contribution is 0.0771. The number of methoxy groups -OCH3 is 1. The van der Waals surface area contributed by atoms with Gasteiger partial charge in [-0.15, -0.1) is 0 Å². The second-order valence-electron chi connectivity index (χ2n) is 4.89. The minimum absolute atomic E-state index is 0.0441. The first-order chi connectivity index (χ1) is 9.22. The van der Waals surface area contributed by atoms with Gasteiger partial charge in [0, 0.05) is 25.8 Å². The summed E-state index contributed by atoms with van der Waals surface area (Å²) < 4.78 is 5.13. The van der Waals surface area contributed by atoms with E-state index in [1.807, 2.05) is 7.05 Å². The normalized spacial score (nSPS) is 18.9. The zero-order chi connectivity index (χ0) is 13.7. The summed E-state index contributed by atoms with van der Waals surface area (Å²) in [4.78, 5) is 18.2. The fourth-order valence-electron chi connectivity index (χ4n) is 2.42. The van der Waals surface area contributed by atoms with Crippen molar-refractivity contribution >= 4 is 5.91 Å². The Morgan fingerprint density at radius 1 is 1.58 bits per heavy atom. The predicted molar refractivity (Wildman–Crippen MR) is 73.4 cm³/mol. The molecule has 104 valence electrons. The number of amides is 1. The molecule has 1 aromatic rings. The van der Waals surface area contributed by atoms with Crippen LogP contribution in [0.4, 0.5) is 0 Å². The maximum atomic E-state index is 12.4. The van der Waals surface area contributed by atoms with E-state index < -0.39 is 0 Å². The highest BCUT2D eigenvalue weighted by Gasteiger charge is 2.21. The topological polar surface area (TPSA) is 54.5 Å². The number of nitrogens with zero attached hydrogens (tertiary/aromatic N) is 2. The van der Waals surface area contributed by atoms with Gasteiger partial charge in [0.15, 0.2) is 0 Å². The molecule has 0 aromatic carbocycles. The van der Waals surface area contributed by atoms with Crippen molar-refractivity contribution in [1.29, 1.82) is 0 Å². The van der Waals surface area contributed by atoms with Crippen LogP contribution in [0.5, 0.6) is 5.88 Å². The zero-order valence-corrected chi connectivity index (χ0v) is 11.6. The molecule has 2 rings (SSSR count). The summed E-state index contributed by atoms with van der Waals surface area (Å²) in [5.41, 5.74) is 0.517. The van der Waals surface area contributed by atoms with Crippen LogP contribution < -0.4 is 10.1 Å². The molecule has 1 N–H and O–H groups in total. The molecule has 0 saturated carbocycles. The van der Waals surface area contributed by atoms with Gasteiger partial charge < -0.3 is 15.0 Å². The van der Waals surface area contributed by atoms with E-state index in [-0.39, 0.29) is 5.91 Å². The number of ether oxygens (including phenoxy) is 1. The number of rotatable bonds is 4. The molecule has 2 heterocycles. The average Bonchev–Trinajstić information content (AvgIpc) is 2.47. The first-order valence-electron chi connectivity index (χ1n) is 6.70. The molecular weight excluding hydrogens is 242 g/mol. The molecule has 0 aliphatic carbocycles. The van der Waals surface area contributed by atoms with Crippen LogP contribution in [0.15, 0.2) is 18.3 Å². The summed E-state index contributed by atoms with van der Waals surface area (Å²) in [5, 5.41) is 3.44. The Morgan fingerprint density at radius 2 is 2.42 bits per heavy atom. The minimum Gasteiger partial charge on any atom is -0.480 e. The molecule has 1 amide bonds. The maximum absolute atomic E-state index is 12.4. The van der Waals surface area contributed by atoms with Crippen LogP contribution in [-0.4, -0.2) is 49.1 Å². The molecule has 19 heavy (non-hydrogen) atoms. The zero-order valence-electron chi connectivity index (χ0n) is 11.6. The number of nitrogens with one attached hydrogen (secondary N) is 1. The van der Waals surface area contributed by atoms with Gasteiger partial charge in [-0.3, -0.25) is 4.79 Å². The van der Waals surface area contributed by atoms with E-state index in [9.17, 15) is 4.79 Å². The van der Waals surface area contributed by atoms with Crippen LogP contribution in [0.25, 0.3) is 0 Å². The monoisotopic (exact) mass is 263 g/mol. The fourth-order valence-corrected chi connectivity index (χ4v) is 2.42. The predicted octanol–water partition coefficient (Wildman–Crippen LogP) is 1.30. The van der Waals surface area contributed by atoms with Gasteiger partial charge in [-0.1, -0.05) is 6.42 Å². The summed E-state index contributed by atoms with van der Waals surface area (Å²) in [6.45, 7) is 1.76. The molecule has 1 saturated heterocycles. The number of piperidine rings is 1. The average molecular weight is 263 g/mol. The molecule has 5 heteroatoms. The minimum atomic E-state index is -0.0441. The summed E-state index contributed by atoms with van der Waals surface area (Å²) >= 11 is 0. The second kappa shape index (κ2) is 6.52. The van der Waals surface area contributed by atoms with Crippen molar-refractivity contribution in [2.75, 3.05) is 27.2 Å². The Hall–Kier alpha value is -1.62. The highest BCUT2D eigenvalue weighted by atomic mass is 16.5. The van der Waals surface area contributed by atoms with Crippen molar-refractivity contribution in [1.82, 2.24) is 15.2 Å². The van der Waals surface area contributed by atoms with Crippen molar-refractivity contribution < 1.29 is 9.53 Å². The van der Waals surface area contributed by atoms with E-state index in [2.05, 4.69) is 10.3 Å². The lowest BCUT2D eigenvalue weighted by Crippen LogP contribution is -2.44. The molecule has 0 bridgehead atoms. The molecule has 1 fully saturated rings. The van der Waals surface area contributed by atoms with Gasteiger partial charge in [0.05, 0.1) is 7.11 Å². The van der Waals surface area contributed by atoms with Gasteiger partial charge in [-0.05, 0) is 31.5 Å². The van der Waals surface area contributed by atoms with E-state index in [1.165, 1.54) is 20.0 Å². The molecule has 0 radical (unpaired) electrons. The third kappa shape index (κ3) is 3.44. The number of pyridine rings is 1. The Bertz CT molecular complexity index is 430. The quantitative estimate of drug-likeness (QED) is 0.889. The number of carbonyl (C=O) groups is 1. The van der Waals surface area contributed by atoms with E-state index in [1.54, 1.807) is 23.2 Å². The van der Waals surface area contributed by atoms with E-state index in [0.717, 1.165) is 19.5 Å². The van der Waals surface area contributed by atoms with Crippen molar-refractivity contribution in [2.24, 2.45) is 0 Å². The third-order valence-electron chi connectivity index (χ3n) is 3.45. The van der Waals surface area contributed by atoms with Crippen LogP contribution >= 0.6 is 0 Å². The van der Waals surface area contributed by atoms with E-state index in [0.29, 0.717) is 17.5 Å². The summed E-state index contributed by atoms with van der Waals surface area (Å²) in [6, 6.07) is 3.90. The number of likely N-dealkylation sites (N-methyl/N-ethyl adjacent to an activating group) is 1. The lowest BCUT2D eigenvalue weighted by atomic mass is 10.0. The molecule has 1 aliphatic heterocycles. The Labute approximate surface area is 114 Å². The van der Waals surface area contributed by atoms with E-state index >= 15 is 0 Å². The molecule has 1 unspecified atom stereocenters.